The summed E-state index contributed by atoms with van der Waals surface area (Å²) < 4.78 is 10.2. The second kappa shape index (κ2) is 4.53. The quantitative estimate of drug-likeness (QED) is 0.856. The van der Waals surface area contributed by atoms with E-state index in [1.165, 1.54) is 0 Å². The van der Waals surface area contributed by atoms with Crippen LogP contribution < -0.4 is 4.74 Å². The predicted octanol–water partition coefficient (Wildman–Crippen LogP) is 2.41. The van der Waals surface area contributed by atoms with Crippen LogP contribution >= 0.6 is 0 Å². The first-order valence-corrected chi connectivity index (χ1v) is 4.74. The number of aliphatic carboxylic acids is 1. The van der Waals surface area contributed by atoms with E-state index in [1.54, 1.807) is 18.4 Å². The van der Waals surface area contributed by atoms with E-state index >= 15 is 0 Å². The Labute approximate surface area is 92.1 Å². The lowest BCUT2D eigenvalue weighted by Crippen LogP contribution is -2.09. The van der Waals surface area contributed by atoms with Crippen molar-refractivity contribution in [3.63, 3.8) is 0 Å². The van der Waals surface area contributed by atoms with Gasteiger partial charge in [-0.25, -0.2) is 4.79 Å². The summed E-state index contributed by atoms with van der Waals surface area (Å²) in [6.07, 6.45) is 1.60. The molecule has 1 aromatic carbocycles. The SMILES string of the molecule is O=C(O)COc1ccc(-c2ccco2)cc1. The maximum absolute atomic E-state index is 10.3. The number of carboxylic acid groups (broad SMARTS) is 1. The summed E-state index contributed by atoms with van der Waals surface area (Å²) in [6.45, 7) is -0.333. The van der Waals surface area contributed by atoms with Crippen molar-refractivity contribution >= 4 is 5.97 Å². The van der Waals surface area contributed by atoms with Crippen molar-refractivity contribution in [2.45, 2.75) is 0 Å². The molecule has 2 aromatic rings. The highest BCUT2D eigenvalue weighted by molar-refractivity contribution is 5.68. The number of hydrogen-bond donors (Lipinski definition) is 1. The number of hydrogen-bond acceptors (Lipinski definition) is 3. The average molecular weight is 218 g/mol. The van der Waals surface area contributed by atoms with E-state index in [0.717, 1.165) is 11.3 Å². The van der Waals surface area contributed by atoms with Gasteiger partial charge in [-0.1, -0.05) is 0 Å². The number of furan rings is 1. The minimum atomic E-state index is -0.991. The summed E-state index contributed by atoms with van der Waals surface area (Å²) in [5, 5.41) is 8.44. The number of rotatable bonds is 4. The smallest absolute Gasteiger partial charge is 0.341 e. The highest BCUT2D eigenvalue weighted by Gasteiger charge is 2.02. The Hall–Kier alpha value is -2.23. The van der Waals surface area contributed by atoms with Crippen LogP contribution in [0, 0.1) is 0 Å². The van der Waals surface area contributed by atoms with Gasteiger partial charge in [-0.15, -0.1) is 0 Å². The molecule has 0 spiro atoms. The lowest BCUT2D eigenvalue weighted by Gasteiger charge is -2.03. The first kappa shape index (κ1) is 10.3. The molecule has 0 fully saturated rings. The van der Waals surface area contributed by atoms with Gasteiger partial charge in [0.1, 0.15) is 11.5 Å². The Morgan fingerprint density at radius 3 is 2.56 bits per heavy atom. The van der Waals surface area contributed by atoms with Crippen LogP contribution in [0.2, 0.25) is 0 Å². The van der Waals surface area contributed by atoms with Crippen LogP contribution in [-0.4, -0.2) is 17.7 Å². The van der Waals surface area contributed by atoms with E-state index in [1.807, 2.05) is 24.3 Å². The molecular weight excluding hydrogens is 208 g/mol. The molecule has 2 rings (SSSR count). The molecule has 0 bridgehead atoms. The van der Waals surface area contributed by atoms with E-state index in [0.29, 0.717) is 5.75 Å². The third-order valence-electron chi connectivity index (χ3n) is 2.02. The monoisotopic (exact) mass is 218 g/mol. The molecule has 0 aliphatic carbocycles. The van der Waals surface area contributed by atoms with Gasteiger partial charge in [0.15, 0.2) is 6.61 Å². The van der Waals surface area contributed by atoms with Gasteiger partial charge in [0.25, 0.3) is 0 Å². The molecule has 1 N–H and O–H groups in total. The summed E-state index contributed by atoms with van der Waals surface area (Å²) in [5.74, 6) is 0.303. The third kappa shape index (κ3) is 2.42. The zero-order valence-corrected chi connectivity index (χ0v) is 8.42. The zero-order chi connectivity index (χ0) is 11.4. The second-order valence-corrected chi connectivity index (χ2v) is 3.18. The molecular formula is C12H10O4. The number of benzene rings is 1. The topological polar surface area (TPSA) is 59.7 Å². The molecule has 0 saturated carbocycles. The van der Waals surface area contributed by atoms with Crippen molar-refractivity contribution in [3.8, 4) is 17.1 Å². The van der Waals surface area contributed by atoms with E-state index in [4.69, 9.17) is 14.3 Å². The predicted molar refractivity (Wildman–Crippen MR) is 57.3 cm³/mol. The standard InChI is InChI=1S/C12H10O4/c13-12(14)8-16-10-5-3-9(4-6-10)11-2-1-7-15-11/h1-7H,8H2,(H,13,14). The van der Waals surface area contributed by atoms with Crippen LogP contribution in [0.1, 0.15) is 0 Å². The van der Waals surface area contributed by atoms with E-state index in [-0.39, 0.29) is 6.61 Å². The Morgan fingerprint density at radius 2 is 2.00 bits per heavy atom. The third-order valence-corrected chi connectivity index (χ3v) is 2.02. The Bertz CT molecular complexity index is 456. The van der Waals surface area contributed by atoms with Gasteiger partial charge in [0, 0.05) is 5.56 Å². The van der Waals surface area contributed by atoms with Crippen molar-refractivity contribution in [1.82, 2.24) is 0 Å². The normalized spacial score (nSPS) is 10.0. The fourth-order valence-corrected chi connectivity index (χ4v) is 1.30. The van der Waals surface area contributed by atoms with Gasteiger partial charge >= 0.3 is 5.97 Å². The average Bonchev–Trinajstić information content (AvgIpc) is 2.80. The number of ether oxygens (including phenoxy) is 1. The molecule has 1 heterocycles. The number of carboxylic acids is 1. The van der Waals surface area contributed by atoms with Gasteiger partial charge in [-0.05, 0) is 36.4 Å². The lowest BCUT2D eigenvalue weighted by molar-refractivity contribution is -0.139. The summed E-state index contributed by atoms with van der Waals surface area (Å²) in [5.41, 5.74) is 0.924. The maximum atomic E-state index is 10.3. The summed E-state index contributed by atoms with van der Waals surface area (Å²) in [7, 11) is 0. The van der Waals surface area contributed by atoms with Crippen LogP contribution in [0.15, 0.2) is 47.1 Å². The first-order valence-electron chi connectivity index (χ1n) is 4.74. The van der Waals surface area contributed by atoms with Crippen LogP contribution in [0.3, 0.4) is 0 Å². The fraction of sp³-hybridized carbons (Fsp3) is 0.0833. The van der Waals surface area contributed by atoms with Crippen molar-refractivity contribution in [2.24, 2.45) is 0 Å². The Kier molecular flexibility index (Phi) is 2.91. The van der Waals surface area contributed by atoms with E-state index < -0.39 is 5.97 Å². The lowest BCUT2D eigenvalue weighted by atomic mass is 10.2. The molecule has 1 aromatic heterocycles. The summed E-state index contributed by atoms with van der Waals surface area (Å²) in [6, 6.07) is 10.7. The largest absolute Gasteiger partial charge is 0.482 e. The molecule has 0 aliphatic rings. The summed E-state index contributed by atoms with van der Waals surface area (Å²) in [4.78, 5) is 10.3. The van der Waals surface area contributed by atoms with Crippen LogP contribution in [-0.2, 0) is 4.79 Å². The van der Waals surface area contributed by atoms with Crippen molar-refractivity contribution in [3.05, 3.63) is 42.7 Å². The molecule has 0 atom stereocenters. The minimum Gasteiger partial charge on any atom is -0.482 e. The molecule has 0 aliphatic heterocycles. The van der Waals surface area contributed by atoms with Gasteiger partial charge in [0.2, 0.25) is 0 Å². The van der Waals surface area contributed by atoms with E-state index in [2.05, 4.69) is 0 Å². The van der Waals surface area contributed by atoms with Crippen molar-refractivity contribution in [2.75, 3.05) is 6.61 Å². The van der Waals surface area contributed by atoms with Gasteiger partial charge in [-0.3, -0.25) is 0 Å². The molecule has 0 saturated heterocycles. The van der Waals surface area contributed by atoms with Crippen LogP contribution in [0.5, 0.6) is 5.75 Å². The molecule has 4 nitrogen and oxygen atoms in total. The summed E-state index contributed by atoms with van der Waals surface area (Å²) >= 11 is 0. The first-order chi connectivity index (χ1) is 7.75. The molecule has 0 amide bonds. The number of carbonyl (C=O) groups is 1. The molecule has 0 radical (unpaired) electrons. The zero-order valence-electron chi connectivity index (χ0n) is 8.42. The van der Waals surface area contributed by atoms with Crippen molar-refractivity contribution in [1.29, 1.82) is 0 Å². The second-order valence-electron chi connectivity index (χ2n) is 3.18. The van der Waals surface area contributed by atoms with E-state index in [9.17, 15) is 4.79 Å². The van der Waals surface area contributed by atoms with Gasteiger partial charge in [0.05, 0.1) is 6.26 Å². The van der Waals surface area contributed by atoms with Crippen molar-refractivity contribution < 1.29 is 19.1 Å². The van der Waals surface area contributed by atoms with Gasteiger partial charge < -0.3 is 14.3 Å². The molecule has 0 unspecified atom stereocenters. The Balaban J connectivity index is 2.08. The molecule has 16 heavy (non-hydrogen) atoms. The van der Waals surface area contributed by atoms with Crippen LogP contribution in [0.4, 0.5) is 0 Å². The highest BCUT2D eigenvalue weighted by atomic mass is 16.5. The Morgan fingerprint density at radius 1 is 1.25 bits per heavy atom. The van der Waals surface area contributed by atoms with Crippen LogP contribution in [0.25, 0.3) is 11.3 Å². The fourth-order valence-electron chi connectivity index (χ4n) is 1.30. The van der Waals surface area contributed by atoms with Gasteiger partial charge in [-0.2, -0.15) is 0 Å². The molecule has 4 heteroatoms. The maximum Gasteiger partial charge on any atom is 0.341 e. The minimum absolute atomic E-state index is 0.333. The molecule has 82 valence electrons. The highest BCUT2D eigenvalue weighted by Crippen LogP contribution is 2.22.